The molecule has 1 aromatic heterocycles. The van der Waals surface area contributed by atoms with Crippen LogP contribution in [0.1, 0.15) is 20.8 Å². The van der Waals surface area contributed by atoms with Gasteiger partial charge in [0.25, 0.3) is 0 Å². The van der Waals surface area contributed by atoms with Crippen LogP contribution in [0.25, 0.3) is 16.6 Å². The molecule has 4 rings (SSSR count). The number of esters is 3. The third-order valence-corrected chi connectivity index (χ3v) is 6.49. The highest BCUT2D eigenvalue weighted by Crippen LogP contribution is 2.36. The van der Waals surface area contributed by atoms with Crippen LogP contribution >= 0.6 is 11.8 Å². The summed E-state index contributed by atoms with van der Waals surface area (Å²) in [6, 6.07) is 17.5. The number of carbonyl (C=O) groups is 3. The van der Waals surface area contributed by atoms with Crippen LogP contribution in [-0.4, -0.2) is 52.0 Å². The molecular formula is C25H25NO7S. The van der Waals surface area contributed by atoms with Crippen molar-refractivity contribution in [2.75, 3.05) is 5.75 Å². The highest BCUT2D eigenvalue weighted by Gasteiger charge is 2.47. The van der Waals surface area contributed by atoms with Crippen LogP contribution < -0.4 is 4.74 Å². The first-order valence-electron chi connectivity index (χ1n) is 10.8. The summed E-state index contributed by atoms with van der Waals surface area (Å²) in [5.74, 6) is -0.803. The van der Waals surface area contributed by atoms with Crippen LogP contribution in [0.2, 0.25) is 0 Å². The van der Waals surface area contributed by atoms with Gasteiger partial charge in [-0.3, -0.25) is 14.4 Å². The molecule has 1 saturated heterocycles. The second-order valence-corrected chi connectivity index (χ2v) is 8.96. The normalized spacial score (nSPS) is 22.1. The quantitative estimate of drug-likeness (QED) is 0.385. The summed E-state index contributed by atoms with van der Waals surface area (Å²) >= 11 is 1.32. The number of rotatable bonds is 6. The summed E-state index contributed by atoms with van der Waals surface area (Å²) in [7, 11) is 0. The van der Waals surface area contributed by atoms with Gasteiger partial charge in [-0.25, -0.2) is 0 Å². The van der Waals surface area contributed by atoms with Crippen molar-refractivity contribution in [3.63, 3.8) is 0 Å². The Bertz CT molecular complexity index is 1210. The fourth-order valence-corrected chi connectivity index (χ4v) is 5.19. The second-order valence-electron chi connectivity index (χ2n) is 7.83. The molecule has 2 aromatic carbocycles. The van der Waals surface area contributed by atoms with Gasteiger partial charge in [0.05, 0.1) is 11.2 Å². The molecule has 4 atom stereocenters. The van der Waals surface area contributed by atoms with E-state index in [2.05, 4.69) is 0 Å². The van der Waals surface area contributed by atoms with E-state index in [9.17, 15) is 14.4 Å². The molecule has 2 heterocycles. The van der Waals surface area contributed by atoms with Crippen molar-refractivity contribution in [1.29, 1.82) is 0 Å². The fraction of sp³-hybridized carbons (Fsp3) is 0.320. The standard InChI is InChI=1S/C25H25NO7S/c1-15(27)30-22-14-34-25(24(32-17(3)29)23(22)31-16(2)28)33-21-11-7-6-10-20(21)26-13-12-18-8-4-5-9-19(18)26/h4-13,22-25H,14H2,1-3H3/t22-,23+,24-,25-/m1/s1. The topological polar surface area (TPSA) is 93.1 Å². The van der Waals surface area contributed by atoms with Gasteiger partial charge < -0.3 is 23.5 Å². The Morgan fingerprint density at radius 3 is 2.21 bits per heavy atom. The Morgan fingerprint density at radius 2 is 1.47 bits per heavy atom. The molecule has 0 amide bonds. The first kappa shape index (κ1) is 23.7. The number of carbonyl (C=O) groups excluding carboxylic acids is 3. The van der Waals surface area contributed by atoms with E-state index in [0.29, 0.717) is 11.5 Å². The van der Waals surface area contributed by atoms with Crippen LogP contribution in [0.5, 0.6) is 5.75 Å². The van der Waals surface area contributed by atoms with Crippen molar-refractivity contribution in [2.24, 2.45) is 0 Å². The van der Waals surface area contributed by atoms with Gasteiger partial charge in [-0.1, -0.05) is 30.3 Å². The lowest BCUT2D eigenvalue weighted by atomic mass is 10.1. The van der Waals surface area contributed by atoms with Gasteiger partial charge in [-0.05, 0) is 29.7 Å². The fourth-order valence-electron chi connectivity index (χ4n) is 3.98. The van der Waals surface area contributed by atoms with Crippen LogP contribution in [0.15, 0.2) is 60.8 Å². The summed E-state index contributed by atoms with van der Waals surface area (Å²) in [6.45, 7) is 3.79. The Kier molecular flexibility index (Phi) is 7.12. The molecule has 0 unspecified atom stereocenters. The van der Waals surface area contributed by atoms with Crippen molar-refractivity contribution in [3.8, 4) is 11.4 Å². The van der Waals surface area contributed by atoms with Crippen molar-refractivity contribution in [3.05, 3.63) is 60.8 Å². The lowest BCUT2D eigenvalue weighted by Gasteiger charge is -2.40. The number of hydrogen-bond acceptors (Lipinski definition) is 8. The highest BCUT2D eigenvalue weighted by molar-refractivity contribution is 7.99. The summed E-state index contributed by atoms with van der Waals surface area (Å²) in [5.41, 5.74) is 1.11. The van der Waals surface area contributed by atoms with Crippen molar-refractivity contribution in [1.82, 2.24) is 4.57 Å². The monoisotopic (exact) mass is 483 g/mol. The SMILES string of the molecule is CC(=O)O[C@@H]1[C@@H](OC(C)=O)[C@H](OC(C)=O)CS[C@H]1Oc1ccccc1-n1ccc2ccccc21. The first-order chi connectivity index (χ1) is 16.3. The average molecular weight is 484 g/mol. The molecule has 0 saturated carbocycles. The number of fused-ring (bicyclic) bond motifs is 1. The zero-order valence-electron chi connectivity index (χ0n) is 19.0. The minimum absolute atomic E-state index is 0.300. The third kappa shape index (κ3) is 5.20. The molecule has 1 fully saturated rings. The number of ether oxygens (including phenoxy) is 4. The number of para-hydroxylation sites is 3. The van der Waals surface area contributed by atoms with Gasteiger partial charge in [0, 0.05) is 32.7 Å². The molecule has 9 heteroatoms. The Hall–Kier alpha value is -3.46. The molecule has 0 spiro atoms. The van der Waals surface area contributed by atoms with Crippen LogP contribution in [0.4, 0.5) is 0 Å². The van der Waals surface area contributed by atoms with Crippen LogP contribution in [0.3, 0.4) is 0 Å². The molecule has 34 heavy (non-hydrogen) atoms. The number of hydrogen-bond donors (Lipinski definition) is 0. The third-order valence-electron chi connectivity index (χ3n) is 5.27. The maximum absolute atomic E-state index is 11.9. The molecule has 0 bridgehead atoms. The number of benzene rings is 2. The smallest absolute Gasteiger partial charge is 0.303 e. The van der Waals surface area contributed by atoms with Crippen LogP contribution in [-0.2, 0) is 28.6 Å². The van der Waals surface area contributed by atoms with E-state index in [-0.39, 0.29) is 0 Å². The van der Waals surface area contributed by atoms with Crippen molar-refractivity contribution < 1.29 is 33.3 Å². The molecule has 0 aliphatic carbocycles. The first-order valence-corrected chi connectivity index (χ1v) is 11.8. The summed E-state index contributed by atoms with van der Waals surface area (Å²) < 4.78 is 24.7. The van der Waals surface area contributed by atoms with Crippen LogP contribution in [0, 0.1) is 0 Å². The minimum atomic E-state index is -1.00. The van der Waals surface area contributed by atoms with Gasteiger partial charge in [0.1, 0.15) is 5.75 Å². The molecule has 178 valence electrons. The van der Waals surface area contributed by atoms with E-state index in [4.69, 9.17) is 18.9 Å². The van der Waals surface area contributed by atoms with Gasteiger partial charge in [0.15, 0.2) is 23.7 Å². The number of thioether (sulfide) groups is 1. The molecular weight excluding hydrogens is 458 g/mol. The number of aromatic nitrogens is 1. The lowest BCUT2D eigenvalue weighted by Crippen LogP contribution is -2.55. The molecule has 8 nitrogen and oxygen atoms in total. The maximum Gasteiger partial charge on any atom is 0.303 e. The summed E-state index contributed by atoms with van der Waals surface area (Å²) in [5, 5.41) is 1.08. The summed E-state index contributed by atoms with van der Waals surface area (Å²) in [6.07, 6.45) is -0.808. The highest BCUT2D eigenvalue weighted by atomic mass is 32.2. The number of nitrogens with zero attached hydrogens (tertiary/aromatic N) is 1. The lowest BCUT2D eigenvalue weighted by molar-refractivity contribution is -0.186. The Morgan fingerprint density at radius 1 is 0.824 bits per heavy atom. The minimum Gasteiger partial charge on any atom is -0.473 e. The van der Waals surface area contributed by atoms with Crippen molar-refractivity contribution >= 4 is 40.6 Å². The predicted molar refractivity (Wildman–Crippen MR) is 127 cm³/mol. The predicted octanol–water partition coefficient (Wildman–Crippen LogP) is 3.88. The zero-order chi connectivity index (χ0) is 24.2. The van der Waals surface area contributed by atoms with E-state index in [1.165, 1.54) is 32.5 Å². The van der Waals surface area contributed by atoms with Gasteiger partial charge in [-0.2, -0.15) is 0 Å². The zero-order valence-corrected chi connectivity index (χ0v) is 19.8. The van der Waals surface area contributed by atoms with Gasteiger partial charge >= 0.3 is 17.9 Å². The Balaban J connectivity index is 1.68. The van der Waals surface area contributed by atoms with E-state index in [0.717, 1.165) is 16.6 Å². The van der Waals surface area contributed by atoms with Gasteiger partial charge in [0.2, 0.25) is 0 Å². The molecule has 1 aliphatic rings. The second kappa shape index (κ2) is 10.2. The van der Waals surface area contributed by atoms with Gasteiger partial charge in [-0.15, -0.1) is 11.8 Å². The maximum atomic E-state index is 11.9. The van der Waals surface area contributed by atoms with E-state index < -0.39 is 41.7 Å². The average Bonchev–Trinajstić information content (AvgIpc) is 3.21. The van der Waals surface area contributed by atoms with Crippen molar-refractivity contribution in [2.45, 2.75) is 44.5 Å². The van der Waals surface area contributed by atoms with E-state index >= 15 is 0 Å². The molecule has 1 aliphatic heterocycles. The van der Waals surface area contributed by atoms with E-state index in [1.54, 1.807) is 0 Å². The largest absolute Gasteiger partial charge is 0.473 e. The molecule has 0 N–H and O–H groups in total. The Labute approximate surface area is 201 Å². The molecule has 3 aromatic rings. The molecule has 0 radical (unpaired) electrons. The summed E-state index contributed by atoms with van der Waals surface area (Å²) in [4.78, 5) is 35.4. The van der Waals surface area contributed by atoms with E-state index in [1.807, 2.05) is 65.4 Å².